The summed E-state index contributed by atoms with van der Waals surface area (Å²) in [5.74, 6) is 0. The maximum absolute atomic E-state index is 10.9. The van der Waals surface area contributed by atoms with Gasteiger partial charge in [0, 0.05) is 10.9 Å². The molecule has 0 spiro atoms. The topological polar surface area (TPSA) is 52.1 Å². The van der Waals surface area contributed by atoms with Gasteiger partial charge >= 0.3 is 0 Å². The van der Waals surface area contributed by atoms with Gasteiger partial charge in [-0.2, -0.15) is 0 Å². The highest BCUT2D eigenvalue weighted by molar-refractivity contribution is 5.39. The smallest absolute Gasteiger partial charge is 0.297 e. The third-order valence-electron chi connectivity index (χ3n) is 1.71. The van der Waals surface area contributed by atoms with E-state index < -0.39 is 0 Å². The lowest BCUT2D eigenvalue weighted by Crippen LogP contribution is -2.03. The molecule has 56 valence electrons. The molecule has 1 aliphatic heterocycles. The normalized spacial score (nSPS) is 15.3. The lowest BCUT2D eigenvalue weighted by Gasteiger charge is -1.91. The predicted molar refractivity (Wildman–Crippen MR) is 37.1 cm³/mol. The summed E-state index contributed by atoms with van der Waals surface area (Å²) in [6.45, 7) is 0.166. The first-order valence-electron chi connectivity index (χ1n) is 3.29. The van der Waals surface area contributed by atoms with Crippen molar-refractivity contribution in [1.82, 2.24) is 0 Å². The Morgan fingerprint density at radius 3 is 2.64 bits per heavy atom. The second kappa shape index (κ2) is 1.95. The van der Waals surface area contributed by atoms with E-state index in [0.717, 1.165) is 5.56 Å². The zero-order valence-electron chi connectivity index (χ0n) is 5.73. The Balaban J connectivity index is 2.60. The van der Waals surface area contributed by atoms with Crippen LogP contribution in [0.1, 0.15) is 5.56 Å². The molecule has 11 heavy (non-hydrogen) atoms. The van der Waals surface area contributed by atoms with Crippen LogP contribution in [0.5, 0.6) is 0 Å². The molecule has 1 aromatic rings. The van der Waals surface area contributed by atoms with E-state index in [1.54, 1.807) is 18.2 Å². The van der Waals surface area contributed by atoms with Crippen LogP contribution in [0.3, 0.4) is 0 Å². The maximum atomic E-state index is 10.9. The molecule has 0 atom stereocenters. The van der Waals surface area contributed by atoms with E-state index in [1.807, 2.05) is 6.07 Å². The van der Waals surface area contributed by atoms with Crippen molar-refractivity contribution in [2.24, 2.45) is 0 Å². The highest BCUT2D eigenvalue weighted by atomic mass is 16.6. The van der Waals surface area contributed by atoms with Gasteiger partial charge in [0.05, 0.1) is 4.86 Å². The third-order valence-corrected chi connectivity index (χ3v) is 1.71. The molecule has 4 nitrogen and oxygen atoms in total. The van der Waals surface area contributed by atoms with Crippen molar-refractivity contribution in [3.05, 3.63) is 40.2 Å². The summed E-state index contributed by atoms with van der Waals surface area (Å²) >= 11 is 0. The first kappa shape index (κ1) is 6.15. The average Bonchev–Trinajstić information content (AvgIpc) is 2.30. The standard InChI is InChI=1S/C7H6N2O2/c10-8-5-6-3-1-2-4-7(6)9(8)11/h1-4H,5H2. The van der Waals surface area contributed by atoms with Crippen molar-refractivity contribution < 1.29 is 9.72 Å². The van der Waals surface area contributed by atoms with Crippen LogP contribution in [-0.2, 0) is 6.54 Å². The molecule has 0 aliphatic carbocycles. The van der Waals surface area contributed by atoms with E-state index in [1.165, 1.54) is 0 Å². The van der Waals surface area contributed by atoms with E-state index in [4.69, 9.17) is 0 Å². The molecule has 0 unspecified atom stereocenters. The fraction of sp³-hybridized carbons (Fsp3) is 0.143. The van der Waals surface area contributed by atoms with Gasteiger partial charge in [0.15, 0.2) is 0 Å². The van der Waals surface area contributed by atoms with E-state index in [9.17, 15) is 10.4 Å². The third kappa shape index (κ3) is 0.756. The minimum absolute atomic E-state index is 0.166. The summed E-state index contributed by atoms with van der Waals surface area (Å²) in [6, 6.07) is 6.97. The van der Waals surface area contributed by atoms with Crippen molar-refractivity contribution in [3.8, 4) is 0 Å². The molecule has 1 aromatic carbocycles. The lowest BCUT2D eigenvalue weighted by molar-refractivity contribution is -0.932. The summed E-state index contributed by atoms with van der Waals surface area (Å²) in [5, 5.41) is 21.7. The van der Waals surface area contributed by atoms with Crippen molar-refractivity contribution in [1.29, 1.82) is 0 Å². The molecule has 0 radical (unpaired) electrons. The minimum atomic E-state index is 0.166. The molecule has 0 bridgehead atoms. The molecule has 0 N–H and O–H groups in total. The molecule has 1 heterocycles. The van der Waals surface area contributed by atoms with E-state index in [-0.39, 0.29) is 6.54 Å². The number of nitrogens with zero attached hydrogens (tertiary/aromatic N) is 2. The van der Waals surface area contributed by atoms with Gasteiger partial charge in [-0.1, -0.05) is 12.1 Å². The quantitative estimate of drug-likeness (QED) is 0.413. The molecule has 2 rings (SSSR count). The zero-order chi connectivity index (χ0) is 7.84. The number of para-hydroxylation sites is 1. The number of hydroxylamine groups is 1. The molecule has 1 aliphatic rings. The summed E-state index contributed by atoms with van der Waals surface area (Å²) < 4.78 is 0. The number of fused-ring (bicyclic) bond motifs is 1. The van der Waals surface area contributed by atoms with E-state index >= 15 is 0 Å². The first-order valence-corrected chi connectivity index (χ1v) is 3.29. The molecule has 0 saturated carbocycles. The molecular weight excluding hydrogens is 144 g/mol. The summed E-state index contributed by atoms with van der Waals surface area (Å²) in [6.07, 6.45) is 0. The van der Waals surface area contributed by atoms with Gasteiger partial charge in [0.2, 0.25) is 0 Å². The Morgan fingerprint density at radius 1 is 1.18 bits per heavy atom. The van der Waals surface area contributed by atoms with Crippen LogP contribution < -0.4 is 0 Å². The van der Waals surface area contributed by atoms with Gasteiger partial charge in [0.1, 0.15) is 5.56 Å². The number of hydrogen-bond donors (Lipinski definition) is 0. The Bertz CT molecular complexity index is 333. The highest BCUT2D eigenvalue weighted by Gasteiger charge is 2.27. The van der Waals surface area contributed by atoms with Crippen LogP contribution >= 0.6 is 0 Å². The number of azo groups is 1. The van der Waals surface area contributed by atoms with Gasteiger partial charge in [-0.25, -0.2) is 0 Å². The van der Waals surface area contributed by atoms with Crippen molar-refractivity contribution in [2.75, 3.05) is 0 Å². The monoisotopic (exact) mass is 150 g/mol. The molecule has 0 fully saturated rings. The Labute approximate surface area is 63.2 Å². The van der Waals surface area contributed by atoms with Crippen LogP contribution in [-0.4, -0.2) is 9.72 Å². The number of hydrogen-bond acceptors (Lipinski definition) is 2. The van der Waals surface area contributed by atoms with Gasteiger partial charge < -0.3 is 10.4 Å². The van der Waals surface area contributed by atoms with Crippen molar-refractivity contribution >= 4 is 5.69 Å². The molecule has 0 saturated heterocycles. The minimum Gasteiger partial charge on any atom is -0.566 e. The van der Waals surface area contributed by atoms with Crippen LogP contribution in [0.25, 0.3) is 0 Å². The Hall–Kier alpha value is -1.58. The maximum Gasteiger partial charge on any atom is 0.297 e. The largest absolute Gasteiger partial charge is 0.566 e. The summed E-state index contributed by atoms with van der Waals surface area (Å²) in [7, 11) is 0. The van der Waals surface area contributed by atoms with Gasteiger partial charge in [-0.15, -0.1) is 0 Å². The summed E-state index contributed by atoms with van der Waals surface area (Å²) in [5.41, 5.74) is 1.25. The zero-order valence-corrected chi connectivity index (χ0v) is 5.73. The number of rotatable bonds is 0. The Morgan fingerprint density at radius 2 is 1.91 bits per heavy atom. The van der Waals surface area contributed by atoms with Crippen molar-refractivity contribution in [3.63, 3.8) is 0 Å². The van der Waals surface area contributed by atoms with E-state index in [0.29, 0.717) is 15.4 Å². The molecule has 0 amide bonds. The Kier molecular flexibility index (Phi) is 1.09. The molecule has 0 aromatic heterocycles. The first-order chi connectivity index (χ1) is 5.29. The van der Waals surface area contributed by atoms with Gasteiger partial charge in [-0.05, 0) is 6.07 Å². The second-order valence-corrected chi connectivity index (χ2v) is 2.41. The molecule has 4 heteroatoms. The van der Waals surface area contributed by atoms with Crippen molar-refractivity contribution in [2.45, 2.75) is 6.54 Å². The fourth-order valence-electron chi connectivity index (χ4n) is 1.16. The van der Waals surface area contributed by atoms with E-state index in [2.05, 4.69) is 0 Å². The highest BCUT2D eigenvalue weighted by Crippen LogP contribution is 2.23. The van der Waals surface area contributed by atoms with Crippen LogP contribution in [0.2, 0.25) is 0 Å². The van der Waals surface area contributed by atoms with Gasteiger partial charge in [-0.3, -0.25) is 0 Å². The SMILES string of the molecule is [O-][N+]1=[N+]([O-])c2ccccc2C1. The predicted octanol–water partition coefficient (Wildman–Crippen LogP) is 1.30. The number of benzene rings is 1. The lowest BCUT2D eigenvalue weighted by atomic mass is 10.2. The van der Waals surface area contributed by atoms with Crippen LogP contribution in [0.4, 0.5) is 5.69 Å². The second-order valence-electron chi connectivity index (χ2n) is 2.41. The fourth-order valence-corrected chi connectivity index (χ4v) is 1.16. The van der Waals surface area contributed by atoms with Crippen LogP contribution in [0.15, 0.2) is 24.3 Å². The van der Waals surface area contributed by atoms with Gasteiger partial charge in [0.25, 0.3) is 12.2 Å². The molecular formula is C7H6N2O2. The summed E-state index contributed by atoms with van der Waals surface area (Å²) in [4.78, 5) is 0.764. The average molecular weight is 150 g/mol. The van der Waals surface area contributed by atoms with Crippen LogP contribution in [0, 0.1) is 10.4 Å².